The first-order valence-corrected chi connectivity index (χ1v) is 4.03. The molecule has 3 heteroatoms. The number of rotatable bonds is 0. The van der Waals surface area contributed by atoms with Crippen molar-refractivity contribution in [2.24, 2.45) is 0 Å². The summed E-state index contributed by atoms with van der Waals surface area (Å²) >= 11 is 0. The summed E-state index contributed by atoms with van der Waals surface area (Å²) in [4.78, 5) is 0. The second-order valence-electron chi connectivity index (χ2n) is 2.95. The maximum atomic E-state index is 13.1. The van der Waals surface area contributed by atoms with Gasteiger partial charge in [-0.15, -0.1) is 0 Å². The van der Waals surface area contributed by atoms with Gasteiger partial charge < -0.3 is 10.4 Å². The number of anilines is 1. The van der Waals surface area contributed by atoms with Crippen LogP contribution >= 0.6 is 0 Å². The summed E-state index contributed by atoms with van der Waals surface area (Å²) in [6.45, 7) is 0.785. The van der Waals surface area contributed by atoms with E-state index in [0.717, 1.165) is 19.4 Å². The van der Waals surface area contributed by atoms with E-state index in [2.05, 4.69) is 5.32 Å². The molecule has 1 aromatic carbocycles. The molecule has 12 heavy (non-hydrogen) atoms. The molecule has 0 fully saturated rings. The number of nitrogens with one attached hydrogen (secondary N) is 1. The Labute approximate surface area is 70.0 Å². The molecule has 1 aromatic rings. The topological polar surface area (TPSA) is 32.3 Å². The summed E-state index contributed by atoms with van der Waals surface area (Å²) < 4.78 is 13.1. The van der Waals surface area contributed by atoms with Crippen LogP contribution in [0, 0.1) is 5.82 Å². The van der Waals surface area contributed by atoms with Crippen molar-refractivity contribution >= 4 is 5.69 Å². The van der Waals surface area contributed by atoms with Gasteiger partial charge in [-0.2, -0.15) is 0 Å². The van der Waals surface area contributed by atoms with Gasteiger partial charge in [0.15, 0.2) is 0 Å². The highest BCUT2D eigenvalue weighted by Crippen LogP contribution is 2.31. The van der Waals surface area contributed by atoms with Gasteiger partial charge >= 0.3 is 0 Å². The van der Waals surface area contributed by atoms with Crippen LogP contribution in [-0.2, 0) is 6.42 Å². The molecule has 0 unspecified atom stereocenters. The van der Waals surface area contributed by atoms with Gasteiger partial charge in [0.2, 0.25) is 0 Å². The molecule has 64 valence electrons. The minimum atomic E-state index is -0.275. The Bertz CT molecular complexity index is 281. The van der Waals surface area contributed by atoms with Crippen molar-refractivity contribution in [3.8, 4) is 5.75 Å². The Kier molecular flexibility index (Phi) is 1.64. The Balaban J connectivity index is 2.57. The molecule has 0 amide bonds. The first kappa shape index (κ1) is 7.40. The molecule has 0 aromatic heterocycles. The zero-order valence-electron chi connectivity index (χ0n) is 6.60. The third-order valence-corrected chi connectivity index (χ3v) is 2.14. The monoisotopic (exact) mass is 167 g/mol. The number of phenolic OH excluding ortho intramolecular Hbond substituents is 1. The number of benzene rings is 1. The Morgan fingerprint density at radius 1 is 1.42 bits per heavy atom. The molecule has 0 saturated heterocycles. The molecule has 2 N–H and O–H groups in total. The molecule has 2 rings (SSSR count). The summed E-state index contributed by atoms with van der Waals surface area (Å²) in [5, 5.41) is 12.3. The lowest BCUT2D eigenvalue weighted by Gasteiger charge is -2.19. The van der Waals surface area contributed by atoms with Crippen LogP contribution in [0.5, 0.6) is 5.75 Å². The van der Waals surface area contributed by atoms with E-state index in [1.165, 1.54) is 12.1 Å². The molecular weight excluding hydrogens is 157 g/mol. The van der Waals surface area contributed by atoms with Gasteiger partial charge in [-0.25, -0.2) is 4.39 Å². The number of hydrogen-bond acceptors (Lipinski definition) is 2. The van der Waals surface area contributed by atoms with Crippen molar-refractivity contribution in [1.82, 2.24) is 0 Å². The summed E-state index contributed by atoms with van der Waals surface area (Å²) in [6, 6.07) is 2.69. The molecule has 1 heterocycles. The summed E-state index contributed by atoms with van der Waals surface area (Å²) in [5.74, 6) is -0.0823. The first-order valence-electron chi connectivity index (χ1n) is 4.03. The second kappa shape index (κ2) is 2.66. The van der Waals surface area contributed by atoms with Crippen molar-refractivity contribution in [2.45, 2.75) is 12.8 Å². The molecule has 0 spiro atoms. The van der Waals surface area contributed by atoms with Crippen LogP contribution in [0.25, 0.3) is 0 Å². The molecule has 0 aliphatic carbocycles. The van der Waals surface area contributed by atoms with Gasteiger partial charge in [-0.05, 0) is 25.0 Å². The van der Waals surface area contributed by atoms with E-state index < -0.39 is 0 Å². The number of phenols is 1. The van der Waals surface area contributed by atoms with E-state index in [1.54, 1.807) is 0 Å². The van der Waals surface area contributed by atoms with Crippen LogP contribution in [0.4, 0.5) is 10.1 Å². The van der Waals surface area contributed by atoms with Crippen LogP contribution in [0.3, 0.4) is 0 Å². The lowest BCUT2D eigenvalue weighted by molar-refractivity contribution is 0.464. The third-order valence-electron chi connectivity index (χ3n) is 2.14. The van der Waals surface area contributed by atoms with E-state index in [4.69, 9.17) is 0 Å². The molecule has 0 radical (unpaired) electrons. The summed E-state index contributed by atoms with van der Waals surface area (Å²) in [6.07, 6.45) is 1.70. The van der Waals surface area contributed by atoms with Crippen LogP contribution < -0.4 is 5.32 Å². The van der Waals surface area contributed by atoms with Crippen molar-refractivity contribution < 1.29 is 9.50 Å². The minimum absolute atomic E-state index is 0.193. The lowest BCUT2D eigenvalue weighted by atomic mass is 10.0. The number of hydrogen-bond donors (Lipinski definition) is 2. The Hall–Kier alpha value is -1.25. The van der Waals surface area contributed by atoms with E-state index in [-0.39, 0.29) is 11.6 Å². The summed E-state index contributed by atoms with van der Waals surface area (Å²) in [7, 11) is 0. The largest absolute Gasteiger partial charge is 0.508 e. The fourth-order valence-electron chi connectivity index (χ4n) is 1.53. The average Bonchev–Trinajstić information content (AvgIpc) is 2.12. The lowest BCUT2D eigenvalue weighted by Crippen LogP contribution is -2.13. The molecular formula is C9H10FNO. The normalized spacial score (nSPS) is 15.1. The van der Waals surface area contributed by atoms with Crippen molar-refractivity contribution in [3.05, 3.63) is 23.5 Å². The van der Waals surface area contributed by atoms with E-state index in [1.807, 2.05) is 0 Å². The van der Waals surface area contributed by atoms with Gasteiger partial charge in [0.1, 0.15) is 11.6 Å². The minimum Gasteiger partial charge on any atom is -0.508 e. The fourth-order valence-corrected chi connectivity index (χ4v) is 1.53. The molecule has 2 nitrogen and oxygen atoms in total. The number of aromatic hydroxyl groups is 1. The van der Waals surface area contributed by atoms with Gasteiger partial charge in [-0.3, -0.25) is 0 Å². The average molecular weight is 167 g/mol. The third kappa shape index (κ3) is 1.02. The molecule has 0 saturated carbocycles. The van der Waals surface area contributed by atoms with Crippen molar-refractivity contribution in [1.29, 1.82) is 0 Å². The molecule has 0 atom stereocenters. The maximum absolute atomic E-state index is 13.1. The standard InChI is InChI=1S/C9H10FNO/c10-7-3-4-8(12)6-2-1-5-11-9(6)7/h3-4,11-12H,1-2,5H2. The first-order chi connectivity index (χ1) is 5.79. The quantitative estimate of drug-likeness (QED) is 0.618. The van der Waals surface area contributed by atoms with Crippen LogP contribution in [0.1, 0.15) is 12.0 Å². The number of fused-ring (bicyclic) bond motifs is 1. The number of halogens is 1. The van der Waals surface area contributed by atoms with Gasteiger partial charge in [-0.1, -0.05) is 0 Å². The van der Waals surface area contributed by atoms with E-state index in [9.17, 15) is 9.50 Å². The zero-order chi connectivity index (χ0) is 8.55. The molecule has 1 aliphatic rings. The van der Waals surface area contributed by atoms with Gasteiger partial charge in [0.25, 0.3) is 0 Å². The Morgan fingerprint density at radius 2 is 2.25 bits per heavy atom. The van der Waals surface area contributed by atoms with Crippen molar-refractivity contribution in [2.75, 3.05) is 11.9 Å². The smallest absolute Gasteiger partial charge is 0.146 e. The highest BCUT2D eigenvalue weighted by atomic mass is 19.1. The molecule has 0 bridgehead atoms. The highest BCUT2D eigenvalue weighted by Gasteiger charge is 2.15. The van der Waals surface area contributed by atoms with Gasteiger partial charge in [0.05, 0.1) is 5.69 Å². The highest BCUT2D eigenvalue weighted by molar-refractivity contribution is 5.59. The predicted octanol–water partition coefficient (Wildman–Crippen LogP) is 1.89. The maximum Gasteiger partial charge on any atom is 0.146 e. The van der Waals surface area contributed by atoms with Crippen LogP contribution in [0.2, 0.25) is 0 Å². The predicted molar refractivity (Wildman–Crippen MR) is 44.9 cm³/mol. The van der Waals surface area contributed by atoms with Crippen LogP contribution in [0.15, 0.2) is 12.1 Å². The molecule has 1 aliphatic heterocycles. The summed E-state index contributed by atoms with van der Waals surface area (Å²) in [5.41, 5.74) is 1.18. The van der Waals surface area contributed by atoms with E-state index in [0.29, 0.717) is 11.3 Å². The van der Waals surface area contributed by atoms with Gasteiger partial charge in [0, 0.05) is 12.1 Å². The van der Waals surface area contributed by atoms with E-state index >= 15 is 0 Å². The zero-order valence-corrected chi connectivity index (χ0v) is 6.60. The SMILES string of the molecule is Oc1ccc(F)c2c1CCCN2. The Morgan fingerprint density at radius 3 is 3.00 bits per heavy atom. The van der Waals surface area contributed by atoms with Crippen molar-refractivity contribution in [3.63, 3.8) is 0 Å². The van der Waals surface area contributed by atoms with Crippen LogP contribution in [-0.4, -0.2) is 11.7 Å². The second-order valence-corrected chi connectivity index (χ2v) is 2.95. The fraction of sp³-hybridized carbons (Fsp3) is 0.333.